The summed E-state index contributed by atoms with van der Waals surface area (Å²) in [5.41, 5.74) is 2.64. The van der Waals surface area contributed by atoms with Gasteiger partial charge in [-0.25, -0.2) is 0 Å². The van der Waals surface area contributed by atoms with Crippen LogP contribution in [-0.2, 0) is 0 Å². The van der Waals surface area contributed by atoms with Gasteiger partial charge in [-0.1, -0.05) is 25.1 Å². The average Bonchev–Trinajstić information content (AvgIpc) is 2.85. The fourth-order valence-corrected chi connectivity index (χ4v) is 1.50. The summed E-state index contributed by atoms with van der Waals surface area (Å²) in [6.07, 6.45) is 4.37. The summed E-state index contributed by atoms with van der Waals surface area (Å²) in [4.78, 5) is 1.58. The maximum absolute atomic E-state index is 9.09. The van der Waals surface area contributed by atoms with Gasteiger partial charge in [0, 0.05) is 0 Å². The Kier molecular flexibility index (Phi) is 3.67. The van der Waals surface area contributed by atoms with Crippen LogP contribution in [0.4, 0.5) is 0 Å². The molecule has 1 aromatic heterocycles. The van der Waals surface area contributed by atoms with Crippen LogP contribution >= 0.6 is 0 Å². The Morgan fingerprint density at radius 3 is 2.76 bits per heavy atom. The Morgan fingerprint density at radius 2 is 2.12 bits per heavy atom. The summed E-state index contributed by atoms with van der Waals surface area (Å²) in [7, 11) is 0. The van der Waals surface area contributed by atoms with Gasteiger partial charge in [0.15, 0.2) is 0 Å². The molecule has 0 unspecified atom stereocenters. The lowest BCUT2D eigenvalue weighted by molar-refractivity contribution is 0.329. The number of rotatable bonds is 4. The van der Waals surface area contributed by atoms with E-state index in [4.69, 9.17) is 5.11 Å². The van der Waals surface area contributed by atoms with Crippen molar-refractivity contribution >= 4 is 6.08 Å². The summed E-state index contributed by atoms with van der Waals surface area (Å²) < 4.78 is 0. The van der Waals surface area contributed by atoms with E-state index in [1.165, 1.54) is 0 Å². The summed E-state index contributed by atoms with van der Waals surface area (Å²) in [5.74, 6) is 0. The third-order valence-electron chi connectivity index (χ3n) is 2.51. The van der Waals surface area contributed by atoms with Crippen LogP contribution in [0.3, 0.4) is 0 Å². The Bertz CT molecular complexity index is 496. The van der Waals surface area contributed by atoms with Crippen molar-refractivity contribution in [3.63, 3.8) is 0 Å². The van der Waals surface area contributed by atoms with Gasteiger partial charge in [-0.2, -0.15) is 9.90 Å². The monoisotopic (exact) mass is 229 g/mol. The molecule has 1 heterocycles. The second-order valence-electron chi connectivity index (χ2n) is 3.71. The summed E-state index contributed by atoms with van der Waals surface area (Å²) >= 11 is 0. The zero-order chi connectivity index (χ0) is 12.1. The van der Waals surface area contributed by atoms with Crippen molar-refractivity contribution in [3.05, 3.63) is 47.8 Å². The van der Waals surface area contributed by atoms with Gasteiger partial charge in [0.2, 0.25) is 0 Å². The normalized spacial score (nSPS) is 11.8. The molecule has 0 bridgehead atoms. The molecule has 88 valence electrons. The van der Waals surface area contributed by atoms with Gasteiger partial charge in [-0.15, -0.1) is 5.10 Å². The van der Waals surface area contributed by atoms with Gasteiger partial charge in [0.25, 0.3) is 0 Å². The van der Waals surface area contributed by atoms with Crippen molar-refractivity contribution in [2.75, 3.05) is 6.61 Å². The third kappa shape index (κ3) is 2.79. The van der Waals surface area contributed by atoms with Crippen molar-refractivity contribution in [2.45, 2.75) is 13.3 Å². The quantitative estimate of drug-likeness (QED) is 0.873. The van der Waals surface area contributed by atoms with Crippen LogP contribution in [0.1, 0.15) is 19.0 Å². The van der Waals surface area contributed by atoms with Crippen molar-refractivity contribution in [1.29, 1.82) is 0 Å². The lowest BCUT2D eigenvalue weighted by Crippen LogP contribution is -1.98. The molecule has 0 saturated carbocycles. The van der Waals surface area contributed by atoms with E-state index < -0.39 is 0 Å². The highest BCUT2D eigenvalue weighted by molar-refractivity contribution is 5.47. The number of para-hydroxylation sites is 1. The SMILES string of the molecule is CCC(=Cc1cnn(-c2ccccc2)n1)CO. The molecule has 0 fully saturated rings. The molecule has 4 heteroatoms. The zero-order valence-electron chi connectivity index (χ0n) is 9.74. The molecule has 0 saturated heterocycles. The highest BCUT2D eigenvalue weighted by atomic mass is 16.3. The molecule has 0 radical (unpaired) electrons. The fraction of sp³-hybridized carbons (Fsp3) is 0.231. The number of aliphatic hydroxyl groups excluding tert-OH is 1. The molecule has 4 nitrogen and oxygen atoms in total. The minimum Gasteiger partial charge on any atom is -0.392 e. The second-order valence-corrected chi connectivity index (χ2v) is 3.71. The fourth-order valence-electron chi connectivity index (χ4n) is 1.50. The number of hydrogen-bond acceptors (Lipinski definition) is 3. The van der Waals surface area contributed by atoms with Crippen molar-refractivity contribution in [3.8, 4) is 5.69 Å². The number of aliphatic hydroxyl groups is 1. The highest BCUT2D eigenvalue weighted by Crippen LogP contribution is 2.08. The molecule has 0 aliphatic rings. The van der Waals surface area contributed by atoms with Crippen LogP contribution in [0.25, 0.3) is 11.8 Å². The van der Waals surface area contributed by atoms with Crippen molar-refractivity contribution < 1.29 is 5.11 Å². The Labute approximate surface area is 100 Å². The number of nitrogens with zero attached hydrogens (tertiary/aromatic N) is 3. The van der Waals surface area contributed by atoms with E-state index in [9.17, 15) is 0 Å². The molecule has 2 rings (SSSR count). The van der Waals surface area contributed by atoms with Gasteiger partial charge >= 0.3 is 0 Å². The largest absolute Gasteiger partial charge is 0.392 e. The van der Waals surface area contributed by atoms with Gasteiger partial charge in [0.1, 0.15) is 5.69 Å². The average molecular weight is 229 g/mol. The van der Waals surface area contributed by atoms with Gasteiger partial charge in [-0.05, 0) is 30.2 Å². The van der Waals surface area contributed by atoms with Crippen molar-refractivity contribution in [2.24, 2.45) is 0 Å². The highest BCUT2D eigenvalue weighted by Gasteiger charge is 2.01. The van der Waals surface area contributed by atoms with Gasteiger partial charge in [0.05, 0.1) is 18.5 Å². The van der Waals surface area contributed by atoms with E-state index in [1.807, 2.05) is 43.3 Å². The summed E-state index contributed by atoms with van der Waals surface area (Å²) in [6.45, 7) is 2.07. The number of hydrogen-bond donors (Lipinski definition) is 1. The zero-order valence-corrected chi connectivity index (χ0v) is 9.74. The molecule has 17 heavy (non-hydrogen) atoms. The first-order valence-electron chi connectivity index (χ1n) is 5.61. The van der Waals surface area contributed by atoms with Gasteiger partial charge in [-0.3, -0.25) is 0 Å². The first-order chi connectivity index (χ1) is 8.33. The van der Waals surface area contributed by atoms with E-state index >= 15 is 0 Å². The van der Waals surface area contributed by atoms with Crippen LogP contribution in [0.5, 0.6) is 0 Å². The molecule has 0 aliphatic carbocycles. The number of aromatic nitrogens is 3. The van der Waals surface area contributed by atoms with E-state index in [0.717, 1.165) is 23.4 Å². The maximum atomic E-state index is 9.09. The smallest absolute Gasteiger partial charge is 0.106 e. The minimum atomic E-state index is 0.0642. The second kappa shape index (κ2) is 5.41. The van der Waals surface area contributed by atoms with Crippen LogP contribution in [0.2, 0.25) is 0 Å². The molecule has 0 aliphatic heterocycles. The lowest BCUT2D eigenvalue weighted by Gasteiger charge is -1.98. The molecule has 0 spiro atoms. The Balaban J connectivity index is 2.25. The standard InChI is InChI=1S/C13H15N3O/c1-2-11(10-17)8-12-9-14-16(15-12)13-6-4-3-5-7-13/h3-9,17H,2,10H2,1H3. The predicted molar refractivity (Wildman–Crippen MR) is 66.7 cm³/mol. The Morgan fingerprint density at radius 1 is 1.35 bits per heavy atom. The van der Waals surface area contributed by atoms with Crippen LogP contribution in [0, 0.1) is 0 Å². The molecular formula is C13H15N3O. The van der Waals surface area contributed by atoms with E-state index in [-0.39, 0.29) is 6.61 Å². The minimum absolute atomic E-state index is 0.0642. The topological polar surface area (TPSA) is 50.9 Å². The summed E-state index contributed by atoms with van der Waals surface area (Å²) in [6, 6.07) is 9.73. The van der Waals surface area contributed by atoms with E-state index in [2.05, 4.69) is 10.2 Å². The van der Waals surface area contributed by atoms with Gasteiger partial charge < -0.3 is 5.11 Å². The molecule has 0 atom stereocenters. The molecule has 2 aromatic rings. The molecular weight excluding hydrogens is 214 g/mol. The molecule has 0 amide bonds. The van der Waals surface area contributed by atoms with Crippen LogP contribution < -0.4 is 0 Å². The lowest BCUT2D eigenvalue weighted by atomic mass is 10.2. The third-order valence-corrected chi connectivity index (χ3v) is 2.51. The first-order valence-corrected chi connectivity index (χ1v) is 5.61. The van der Waals surface area contributed by atoms with Crippen LogP contribution in [-0.4, -0.2) is 26.7 Å². The first kappa shape index (κ1) is 11.5. The summed E-state index contributed by atoms with van der Waals surface area (Å²) in [5, 5.41) is 17.6. The maximum Gasteiger partial charge on any atom is 0.106 e. The van der Waals surface area contributed by atoms with E-state index in [1.54, 1.807) is 11.0 Å². The molecule has 1 aromatic carbocycles. The predicted octanol–water partition coefficient (Wildman–Crippen LogP) is 2.05. The van der Waals surface area contributed by atoms with Crippen LogP contribution in [0.15, 0.2) is 42.1 Å². The molecule has 1 N–H and O–H groups in total. The van der Waals surface area contributed by atoms with E-state index in [0.29, 0.717) is 0 Å². The Hall–Kier alpha value is -1.94. The van der Waals surface area contributed by atoms with Crippen molar-refractivity contribution in [1.82, 2.24) is 15.0 Å². The number of benzene rings is 1.